The Morgan fingerprint density at radius 2 is 1.84 bits per heavy atom. The standard InChI is InChI=1S/C16H17BrFN/c17-15-6-3-4-12(10-15)8-13(11-19)9-14-5-1-2-7-16(14)18/h1-7,10,13H,8-9,11,19H2. The van der Waals surface area contributed by atoms with Crippen LogP contribution in [0.25, 0.3) is 0 Å². The van der Waals surface area contributed by atoms with E-state index in [0.29, 0.717) is 13.0 Å². The molecule has 0 bridgehead atoms. The SMILES string of the molecule is NCC(Cc1cccc(Br)c1)Cc1ccccc1F. The van der Waals surface area contributed by atoms with Crippen molar-refractivity contribution in [2.45, 2.75) is 12.8 Å². The van der Waals surface area contributed by atoms with Gasteiger partial charge in [0.2, 0.25) is 0 Å². The molecule has 0 aliphatic carbocycles. The number of benzene rings is 2. The van der Waals surface area contributed by atoms with E-state index in [1.165, 1.54) is 11.6 Å². The molecule has 0 aliphatic heterocycles. The molecular formula is C16H17BrFN. The predicted octanol–water partition coefficient (Wildman–Crippen LogP) is 3.95. The molecule has 3 heteroatoms. The van der Waals surface area contributed by atoms with Crippen LogP contribution in [0.3, 0.4) is 0 Å². The zero-order chi connectivity index (χ0) is 13.7. The van der Waals surface area contributed by atoms with Crippen molar-refractivity contribution in [1.82, 2.24) is 0 Å². The van der Waals surface area contributed by atoms with Crippen molar-refractivity contribution in [3.63, 3.8) is 0 Å². The maximum absolute atomic E-state index is 13.6. The van der Waals surface area contributed by atoms with E-state index in [1.54, 1.807) is 6.07 Å². The Morgan fingerprint density at radius 3 is 2.53 bits per heavy atom. The van der Waals surface area contributed by atoms with E-state index in [-0.39, 0.29) is 11.7 Å². The van der Waals surface area contributed by atoms with Gasteiger partial charge in [-0.2, -0.15) is 0 Å². The van der Waals surface area contributed by atoms with Gasteiger partial charge in [-0.1, -0.05) is 46.3 Å². The van der Waals surface area contributed by atoms with Gasteiger partial charge in [0.1, 0.15) is 5.82 Å². The summed E-state index contributed by atoms with van der Waals surface area (Å²) in [6, 6.07) is 15.1. The monoisotopic (exact) mass is 321 g/mol. The lowest BCUT2D eigenvalue weighted by Crippen LogP contribution is -2.19. The maximum Gasteiger partial charge on any atom is 0.126 e. The van der Waals surface area contributed by atoms with Gasteiger partial charge >= 0.3 is 0 Å². The topological polar surface area (TPSA) is 26.0 Å². The summed E-state index contributed by atoms with van der Waals surface area (Å²) in [5, 5.41) is 0. The number of hydrogen-bond donors (Lipinski definition) is 1. The van der Waals surface area contributed by atoms with Crippen molar-refractivity contribution in [2.24, 2.45) is 11.7 Å². The van der Waals surface area contributed by atoms with E-state index in [1.807, 2.05) is 24.3 Å². The van der Waals surface area contributed by atoms with Crippen molar-refractivity contribution in [1.29, 1.82) is 0 Å². The maximum atomic E-state index is 13.6. The number of rotatable bonds is 5. The molecule has 1 atom stereocenters. The van der Waals surface area contributed by atoms with Crippen LogP contribution < -0.4 is 5.73 Å². The van der Waals surface area contributed by atoms with Crippen LogP contribution in [-0.2, 0) is 12.8 Å². The molecule has 2 rings (SSSR count). The van der Waals surface area contributed by atoms with Crippen LogP contribution >= 0.6 is 15.9 Å². The highest BCUT2D eigenvalue weighted by molar-refractivity contribution is 9.10. The van der Waals surface area contributed by atoms with E-state index in [0.717, 1.165) is 16.5 Å². The van der Waals surface area contributed by atoms with Gasteiger partial charge in [0, 0.05) is 4.47 Å². The largest absolute Gasteiger partial charge is 0.330 e. The van der Waals surface area contributed by atoms with Crippen molar-refractivity contribution in [3.05, 3.63) is 69.9 Å². The first-order valence-corrected chi connectivity index (χ1v) is 7.16. The molecular weight excluding hydrogens is 305 g/mol. The highest BCUT2D eigenvalue weighted by Gasteiger charge is 2.11. The summed E-state index contributed by atoms with van der Waals surface area (Å²) in [6.45, 7) is 0.556. The van der Waals surface area contributed by atoms with Crippen LogP contribution in [0.5, 0.6) is 0 Å². The van der Waals surface area contributed by atoms with Crippen molar-refractivity contribution in [2.75, 3.05) is 6.54 Å². The molecule has 100 valence electrons. The van der Waals surface area contributed by atoms with Gasteiger partial charge in [-0.15, -0.1) is 0 Å². The first-order chi connectivity index (χ1) is 9.19. The number of hydrogen-bond acceptors (Lipinski definition) is 1. The molecule has 1 unspecified atom stereocenters. The molecule has 0 aliphatic rings. The normalized spacial score (nSPS) is 12.4. The van der Waals surface area contributed by atoms with Gasteiger partial charge in [0.05, 0.1) is 0 Å². The second-order valence-corrected chi connectivity index (χ2v) is 5.65. The van der Waals surface area contributed by atoms with Gasteiger partial charge in [-0.05, 0) is 54.6 Å². The number of halogens is 2. The van der Waals surface area contributed by atoms with Gasteiger partial charge in [0.15, 0.2) is 0 Å². The van der Waals surface area contributed by atoms with Crippen LogP contribution in [0.15, 0.2) is 53.0 Å². The Bertz CT molecular complexity index is 542. The molecule has 2 aromatic rings. The summed E-state index contributed by atoms with van der Waals surface area (Å²) in [7, 11) is 0. The fraction of sp³-hybridized carbons (Fsp3) is 0.250. The van der Waals surface area contributed by atoms with Gasteiger partial charge in [-0.25, -0.2) is 4.39 Å². The quantitative estimate of drug-likeness (QED) is 0.886. The summed E-state index contributed by atoms with van der Waals surface area (Å²) in [5.74, 6) is 0.112. The molecule has 2 aromatic carbocycles. The minimum atomic E-state index is -0.143. The molecule has 0 aromatic heterocycles. The second-order valence-electron chi connectivity index (χ2n) is 4.73. The first kappa shape index (κ1) is 14.2. The molecule has 0 spiro atoms. The fourth-order valence-corrected chi connectivity index (χ4v) is 2.66. The van der Waals surface area contributed by atoms with Gasteiger partial charge < -0.3 is 5.73 Å². The van der Waals surface area contributed by atoms with Crippen LogP contribution in [0.2, 0.25) is 0 Å². The predicted molar refractivity (Wildman–Crippen MR) is 80.5 cm³/mol. The molecule has 1 nitrogen and oxygen atoms in total. The van der Waals surface area contributed by atoms with Gasteiger partial charge in [-0.3, -0.25) is 0 Å². The zero-order valence-corrected chi connectivity index (χ0v) is 12.2. The first-order valence-electron chi connectivity index (χ1n) is 6.37. The lowest BCUT2D eigenvalue weighted by molar-refractivity contribution is 0.512. The third-order valence-electron chi connectivity index (χ3n) is 3.21. The Kier molecular flexibility index (Phi) is 5.11. The summed E-state index contributed by atoms with van der Waals surface area (Å²) in [6.07, 6.45) is 1.54. The molecule has 0 fully saturated rings. The Morgan fingerprint density at radius 1 is 1.05 bits per heavy atom. The third-order valence-corrected chi connectivity index (χ3v) is 3.71. The van der Waals surface area contributed by atoms with Crippen LogP contribution in [-0.4, -0.2) is 6.54 Å². The lowest BCUT2D eigenvalue weighted by Gasteiger charge is -2.15. The van der Waals surface area contributed by atoms with E-state index in [4.69, 9.17) is 5.73 Å². The molecule has 19 heavy (non-hydrogen) atoms. The highest BCUT2D eigenvalue weighted by Crippen LogP contribution is 2.18. The Labute approximate surface area is 121 Å². The third kappa shape index (κ3) is 4.15. The van der Waals surface area contributed by atoms with E-state index in [9.17, 15) is 4.39 Å². The smallest absolute Gasteiger partial charge is 0.126 e. The fourth-order valence-electron chi connectivity index (χ4n) is 2.21. The summed E-state index contributed by atoms with van der Waals surface area (Å²) < 4.78 is 14.7. The summed E-state index contributed by atoms with van der Waals surface area (Å²) in [4.78, 5) is 0. The Hall–Kier alpha value is -1.19. The molecule has 0 saturated carbocycles. The molecule has 2 N–H and O–H groups in total. The summed E-state index contributed by atoms with van der Waals surface area (Å²) >= 11 is 3.46. The van der Waals surface area contributed by atoms with Crippen molar-refractivity contribution >= 4 is 15.9 Å². The minimum Gasteiger partial charge on any atom is -0.330 e. The van der Waals surface area contributed by atoms with Crippen molar-refractivity contribution < 1.29 is 4.39 Å². The van der Waals surface area contributed by atoms with Crippen molar-refractivity contribution in [3.8, 4) is 0 Å². The lowest BCUT2D eigenvalue weighted by atomic mass is 9.92. The molecule has 0 amide bonds. The van der Waals surface area contributed by atoms with Crippen LogP contribution in [0.4, 0.5) is 4.39 Å². The van der Waals surface area contributed by atoms with Gasteiger partial charge in [0.25, 0.3) is 0 Å². The van der Waals surface area contributed by atoms with E-state index in [2.05, 4.69) is 28.1 Å². The zero-order valence-electron chi connectivity index (χ0n) is 10.7. The minimum absolute atomic E-state index is 0.143. The number of nitrogens with two attached hydrogens (primary N) is 1. The average Bonchev–Trinajstić information content (AvgIpc) is 2.40. The van der Waals surface area contributed by atoms with Crippen LogP contribution in [0.1, 0.15) is 11.1 Å². The molecule has 0 heterocycles. The molecule has 0 radical (unpaired) electrons. The summed E-state index contributed by atoms with van der Waals surface area (Å²) in [5.41, 5.74) is 7.79. The van der Waals surface area contributed by atoms with Crippen LogP contribution in [0, 0.1) is 11.7 Å². The van der Waals surface area contributed by atoms with E-state index >= 15 is 0 Å². The average molecular weight is 322 g/mol. The highest BCUT2D eigenvalue weighted by atomic mass is 79.9. The Balaban J connectivity index is 2.07. The molecule has 0 saturated heterocycles. The van der Waals surface area contributed by atoms with E-state index < -0.39 is 0 Å². The second kappa shape index (κ2) is 6.83.